The number of unbranched alkanes of at least 4 members (excludes halogenated alkanes) is 1. The molecule has 0 spiro atoms. The number of amides is 4. The minimum Gasteiger partial charge on any atom is -0.480 e. The van der Waals surface area contributed by atoms with E-state index in [-0.39, 0.29) is 12.2 Å². The largest absolute Gasteiger partial charge is 0.480 e. The highest BCUT2D eigenvalue weighted by molar-refractivity contribution is 7.80. The number of carbonyl (C=O) groups is 5. The summed E-state index contributed by atoms with van der Waals surface area (Å²) in [7, 11) is 0. The molecule has 0 radical (unpaired) electrons. The van der Waals surface area contributed by atoms with Crippen LogP contribution in [0.1, 0.15) is 32.6 Å². The summed E-state index contributed by atoms with van der Waals surface area (Å²) >= 11 is 3.96. The summed E-state index contributed by atoms with van der Waals surface area (Å²) in [6.07, 6.45) is -0.684. The predicted molar refractivity (Wildman–Crippen MR) is 114 cm³/mol. The Morgan fingerprint density at radius 2 is 1.45 bits per heavy atom. The monoisotopic (exact) mass is 464 g/mol. The lowest BCUT2D eigenvalue weighted by Gasteiger charge is -2.24. The van der Waals surface area contributed by atoms with Gasteiger partial charge in [0.25, 0.3) is 0 Å². The van der Waals surface area contributed by atoms with Gasteiger partial charge in [-0.25, -0.2) is 4.79 Å². The van der Waals surface area contributed by atoms with Crippen LogP contribution in [-0.4, -0.2) is 82.4 Å². The van der Waals surface area contributed by atoms with Gasteiger partial charge in [-0.2, -0.15) is 12.6 Å². The summed E-state index contributed by atoms with van der Waals surface area (Å²) in [6.45, 7) is 1.65. The summed E-state index contributed by atoms with van der Waals surface area (Å²) in [4.78, 5) is 59.7. The zero-order valence-electron chi connectivity index (χ0n) is 17.2. The van der Waals surface area contributed by atoms with E-state index in [2.05, 4.69) is 28.6 Å². The van der Waals surface area contributed by atoms with E-state index in [1.165, 1.54) is 6.92 Å². The number of aliphatic hydroxyl groups is 1. The average molecular weight is 465 g/mol. The SMILES string of the molecule is CC(O)C(N)C(=O)NC(CS)C(=O)NC(CC(N)=O)C(=O)NC(CCCCN)C(=O)O. The van der Waals surface area contributed by atoms with Gasteiger partial charge in [-0.15, -0.1) is 0 Å². The summed E-state index contributed by atoms with van der Waals surface area (Å²) in [5.74, 6) is -5.04. The Hall–Kier alpha value is -2.42. The third-order valence-corrected chi connectivity index (χ3v) is 4.60. The number of thiol groups is 1. The van der Waals surface area contributed by atoms with E-state index in [4.69, 9.17) is 17.2 Å². The summed E-state index contributed by atoms with van der Waals surface area (Å²) in [6, 6.07) is -5.28. The Bertz CT molecular complexity index is 648. The molecule has 0 aliphatic heterocycles. The molecule has 14 heteroatoms. The molecule has 0 bridgehead atoms. The van der Waals surface area contributed by atoms with Gasteiger partial charge in [0.15, 0.2) is 0 Å². The highest BCUT2D eigenvalue weighted by atomic mass is 32.1. The van der Waals surface area contributed by atoms with E-state index >= 15 is 0 Å². The number of nitrogens with one attached hydrogen (secondary N) is 3. The first-order chi connectivity index (χ1) is 14.4. The number of primary amides is 1. The first-order valence-electron chi connectivity index (χ1n) is 9.61. The molecule has 4 amide bonds. The van der Waals surface area contributed by atoms with Crippen LogP contribution < -0.4 is 33.2 Å². The second-order valence-electron chi connectivity index (χ2n) is 6.93. The van der Waals surface area contributed by atoms with E-state index in [0.717, 1.165) is 0 Å². The van der Waals surface area contributed by atoms with Gasteiger partial charge in [-0.05, 0) is 32.7 Å². The minimum atomic E-state index is -1.48. The Morgan fingerprint density at radius 3 is 1.90 bits per heavy atom. The second-order valence-corrected chi connectivity index (χ2v) is 7.29. The smallest absolute Gasteiger partial charge is 0.326 e. The first kappa shape index (κ1) is 28.6. The molecule has 0 aliphatic carbocycles. The molecule has 0 saturated carbocycles. The number of carboxylic acids is 1. The van der Waals surface area contributed by atoms with Gasteiger partial charge in [-0.3, -0.25) is 19.2 Å². The number of carbonyl (C=O) groups excluding carboxylic acids is 4. The van der Waals surface area contributed by atoms with Gasteiger partial charge in [0.1, 0.15) is 24.2 Å². The van der Waals surface area contributed by atoms with Crippen LogP contribution in [0.2, 0.25) is 0 Å². The maximum Gasteiger partial charge on any atom is 0.326 e. The number of hydrogen-bond donors (Lipinski definition) is 9. The Balaban J connectivity index is 5.25. The lowest BCUT2D eigenvalue weighted by atomic mass is 10.1. The fourth-order valence-corrected chi connectivity index (χ4v) is 2.64. The Labute approximate surface area is 185 Å². The number of carboxylic acid groups (broad SMARTS) is 1. The molecule has 0 heterocycles. The van der Waals surface area contributed by atoms with Crippen LogP contribution in [0.5, 0.6) is 0 Å². The molecule has 0 aliphatic rings. The van der Waals surface area contributed by atoms with E-state index in [9.17, 15) is 34.2 Å². The van der Waals surface area contributed by atoms with E-state index in [1.54, 1.807) is 0 Å². The summed E-state index contributed by atoms with van der Waals surface area (Å²) < 4.78 is 0. The van der Waals surface area contributed by atoms with Crippen molar-refractivity contribution in [1.82, 2.24) is 16.0 Å². The topological polar surface area (TPSA) is 240 Å². The van der Waals surface area contributed by atoms with Gasteiger partial charge in [-0.1, -0.05) is 0 Å². The molecular weight excluding hydrogens is 432 g/mol. The van der Waals surface area contributed by atoms with Crippen LogP contribution in [-0.2, 0) is 24.0 Å². The van der Waals surface area contributed by atoms with Crippen molar-refractivity contribution in [3.05, 3.63) is 0 Å². The molecule has 13 nitrogen and oxygen atoms in total. The maximum absolute atomic E-state index is 12.5. The number of hydrogen-bond acceptors (Lipinski definition) is 9. The zero-order valence-corrected chi connectivity index (χ0v) is 18.1. The molecule has 0 fully saturated rings. The molecule has 31 heavy (non-hydrogen) atoms. The van der Waals surface area contributed by atoms with Crippen molar-refractivity contribution in [1.29, 1.82) is 0 Å². The molecule has 0 aromatic carbocycles. The number of rotatable bonds is 15. The van der Waals surface area contributed by atoms with Crippen molar-refractivity contribution < 1.29 is 34.2 Å². The average Bonchev–Trinajstić information content (AvgIpc) is 2.69. The van der Waals surface area contributed by atoms with Crippen LogP contribution in [0, 0.1) is 0 Å². The van der Waals surface area contributed by atoms with Crippen molar-refractivity contribution in [2.24, 2.45) is 17.2 Å². The van der Waals surface area contributed by atoms with Crippen molar-refractivity contribution >= 4 is 42.2 Å². The molecule has 5 atom stereocenters. The molecular formula is C17H32N6O7S. The van der Waals surface area contributed by atoms with E-state index < -0.39 is 66.3 Å². The van der Waals surface area contributed by atoms with Gasteiger partial charge in [0.05, 0.1) is 12.5 Å². The highest BCUT2D eigenvalue weighted by Crippen LogP contribution is 2.03. The summed E-state index contributed by atoms with van der Waals surface area (Å²) in [5, 5.41) is 25.4. The van der Waals surface area contributed by atoms with Gasteiger partial charge >= 0.3 is 5.97 Å². The normalized spacial score (nSPS) is 15.6. The van der Waals surface area contributed by atoms with Crippen molar-refractivity contribution in [2.45, 2.75) is 62.9 Å². The lowest BCUT2D eigenvalue weighted by molar-refractivity contribution is -0.142. The predicted octanol–water partition coefficient (Wildman–Crippen LogP) is -3.83. The fraction of sp³-hybridized carbons (Fsp3) is 0.706. The number of aliphatic hydroxyl groups excluding tert-OH is 1. The first-order valence-corrected chi connectivity index (χ1v) is 10.2. The van der Waals surface area contributed by atoms with Crippen LogP contribution >= 0.6 is 12.6 Å². The second kappa shape index (κ2) is 14.6. The zero-order chi connectivity index (χ0) is 24.1. The van der Waals surface area contributed by atoms with Crippen molar-refractivity contribution in [3.63, 3.8) is 0 Å². The number of nitrogens with two attached hydrogens (primary N) is 3. The molecule has 0 aromatic rings. The van der Waals surface area contributed by atoms with Crippen LogP contribution in [0.4, 0.5) is 0 Å². The molecule has 0 saturated heterocycles. The van der Waals surface area contributed by atoms with Crippen LogP contribution in [0.15, 0.2) is 0 Å². The molecule has 178 valence electrons. The third kappa shape index (κ3) is 11.0. The Kier molecular flexibility index (Phi) is 13.4. The van der Waals surface area contributed by atoms with Gasteiger partial charge in [0, 0.05) is 5.75 Å². The Morgan fingerprint density at radius 1 is 0.935 bits per heavy atom. The van der Waals surface area contributed by atoms with Crippen molar-refractivity contribution in [2.75, 3.05) is 12.3 Å². The van der Waals surface area contributed by atoms with Crippen LogP contribution in [0.25, 0.3) is 0 Å². The quantitative estimate of drug-likeness (QED) is 0.0850. The van der Waals surface area contributed by atoms with Crippen molar-refractivity contribution in [3.8, 4) is 0 Å². The fourth-order valence-electron chi connectivity index (χ4n) is 2.39. The summed E-state index contributed by atoms with van der Waals surface area (Å²) in [5.41, 5.74) is 16.0. The third-order valence-electron chi connectivity index (χ3n) is 4.24. The van der Waals surface area contributed by atoms with Crippen LogP contribution in [0.3, 0.4) is 0 Å². The minimum absolute atomic E-state index is 0.0993. The maximum atomic E-state index is 12.5. The van der Waals surface area contributed by atoms with Gasteiger partial charge < -0.3 is 43.4 Å². The molecule has 11 N–H and O–H groups in total. The van der Waals surface area contributed by atoms with Gasteiger partial charge in [0.2, 0.25) is 23.6 Å². The standard InChI is InChI=1S/C17H32N6O7S/c1-8(24)13(20)16(28)23-11(7-31)15(27)22-10(6-12(19)25)14(26)21-9(17(29)30)4-2-3-5-18/h8-11,13,24,31H,2-7,18,20H2,1H3,(H2,19,25)(H,21,26)(H,22,27)(H,23,28)(H,29,30). The molecule has 5 unspecified atom stereocenters. The van der Waals surface area contributed by atoms with E-state index in [0.29, 0.717) is 19.4 Å². The number of aliphatic carboxylic acids is 1. The molecule has 0 aromatic heterocycles. The van der Waals surface area contributed by atoms with E-state index in [1.807, 2.05) is 0 Å². The molecule has 0 rings (SSSR count). The highest BCUT2D eigenvalue weighted by Gasteiger charge is 2.31. The lowest BCUT2D eigenvalue weighted by Crippen LogP contribution is -2.59.